The van der Waals surface area contributed by atoms with Crippen LogP contribution < -0.4 is 10.6 Å². The molecule has 1 amide bonds. The van der Waals surface area contributed by atoms with Gasteiger partial charge in [0.1, 0.15) is 11.6 Å². The Hall–Kier alpha value is -1.05. The van der Waals surface area contributed by atoms with Gasteiger partial charge in [-0.25, -0.2) is 8.78 Å². The van der Waals surface area contributed by atoms with Crippen LogP contribution in [0.3, 0.4) is 0 Å². The molecule has 4 nitrogen and oxygen atoms in total. The number of hydrogen-bond acceptors (Lipinski definition) is 3. The van der Waals surface area contributed by atoms with Crippen molar-refractivity contribution in [2.75, 3.05) is 26.8 Å². The van der Waals surface area contributed by atoms with Crippen LogP contribution in [-0.2, 0) is 16.1 Å². The quantitative estimate of drug-likeness (QED) is 0.556. The van der Waals surface area contributed by atoms with Crippen LogP contribution in [0.25, 0.3) is 0 Å². The summed E-state index contributed by atoms with van der Waals surface area (Å²) >= 11 is 3.00. The van der Waals surface area contributed by atoms with Gasteiger partial charge in [-0.1, -0.05) is 0 Å². The molecule has 0 aliphatic rings. The third-order valence-corrected chi connectivity index (χ3v) is 3.21. The summed E-state index contributed by atoms with van der Waals surface area (Å²) in [6.07, 6.45) is 0.237. The Morgan fingerprint density at radius 3 is 2.80 bits per heavy atom. The first-order valence-corrected chi connectivity index (χ1v) is 6.94. The third-order valence-electron chi connectivity index (χ3n) is 2.60. The van der Waals surface area contributed by atoms with E-state index in [9.17, 15) is 13.6 Å². The summed E-state index contributed by atoms with van der Waals surface area (Å²) < 4.78 is 32.1. The zero-order chi connectivity index (χ0) is 15.0. The highest BCUT2D eigenvalue weighted by atomic mass is 79.9. The highest BCUT2D eigenvalue weighted by Gasteiger charge is 2.11. The second-order valence-electron chi connectivity index (χ2n) is 4.09. The van der Waals surface area contributed by atoms with Gasteiger partial charge >= 0.3 is 0 Å². The average molecular weight is 351 g/mol. The van der Waals surface area contributed by atoms with Crippen LogP contribution in [0.15, 0.2) is 16.6 Å². The fraction of sp³-hybridized carbons (Fsp3) is 0.462. The van der Waals surface area contributed by atoms with E-state index in [2.05, 4.69) is 26.6 Å². The zero-order valence-corrected chi connectivity index (χ0v) is 12.7. The number of methoxy groups -OCH3 is 1. The Morgan fingerprint density at radius 1 is 1.35 bits per heavy atom. The van der Waals surface area contributed by atoms with Crippen LogP contribution in [-0.4, -0.2) is 32.7 Å². The second-order valence-corrected chi connectivity index (χ2v) is 4.95. The van der Waals surface area contributed by atoms with E-state index >= 15 is 0 Å². The standard InChI is InChI=1S/C13H17BrF2N2O2/c1-20-7-6-18-12(19)4-5-17-8-9-11(15)3-2-10(14)13(9)16/h2-3,17H,4-8H2,1H3,(H,18,19). The van der Waals surface area contributed by atoms with Crippen LogP contribution in [0.4, 0.5) is 8.78 Å². The first kappa shape index (κ1) is 17.0. The molecule has 0 heterocycles. The lowest BCUT2D eigenvalue weighted by molar-refractivity contribution is -0.121. The molecule has 0 fully saturated rings. The fourth-order valence-electron chi connectivity index (χ4n) is 1.53. The zero-order valence-electron chi connectivity index (χ0n) is 11.1. The SMILES string of the molecule is COCCNC(=O)CCNCc1c(F)ccc(Br)c1F. The van der Waals surface area contributed by atoms with Gasteiger partial charge < -0.3 is 15.4 Å². The number of carbonyl (C=O) groups excluding carboxylic acids is 1. The van der Waals surface area contributed by atoms with Gasteiger partial charge in [0.05, 0.1) is 11.1 Å². The van der Waals surface area contributed by atoms with Crippen molar-refractivity contribution in [1.82, 2.24) is 10.6 Å². The normalized spacial score (nSPS) is 10.6. The summed E-state index contributed by atoms with van der Waals surface area (Å²) in [5, 5.41) is 5.49. The van der Waals surface area contributed by atoms with Crippen molar-refractivity contribution in [1.29, 1.82) is 0 Å². The Labute approximate surface area is 125 Å². The van der Waals surface area contributed by atoms with E-state index in [-0.39, 0.29) is 28.9 Å². The van der Waals surface area contributed by atoms with Gasteiger partial charge in [0, 0.05) is 38.7 Å². The number of carbonyl (C=O) groups is 1. The lowest BCUT2D eigenvalue weighted by Crippen LogP contribution is -2.30. The number of halogens is 3. The van der Waals surface area contributed by atoms with Crippen LogP contribution in [0.1, 0.15) is 12.0 Å². The van der Waals surface area contributed by atoms with E-state index in [1.165, 1.54) is 12.1 Å². The highest BCUT2D eigenvalue weighted by molar-refractivity contribution is 9.10. The van der Waals surface area contributed by atoms with Gasteiger partial charge in [-0.3, -0.25) is 4.79 Å². The van der Waals surface area contributed by atoms with Crippen LogP contribution >= 0.6 is 15.9 Å². The molecule has 1 aromatic carbocycles. The Kier molecular flexibility index (Phi) is 7.64. The van der Waals surface area contributed by atoms with E-state index in [0.717, 1.165) is 0 Å². The molecule has 0 aromatic heterocycles. The number of amides is 1. The van der Waals surface area contributed by atoms with Crippen molar-refractivity contribution < 1.29 is 18.3 Å². The maximum Gasteiger partial charge on any atom is 0.221 e. The van der Waals surface area contributed by atoms with Gasteiger partial charge in [0.25, 0.3) is 0 Å². The summed E-state index contributed by atoms with van der Waals surface area (Å²) in [7, 11) is 1.55. The molecule has 0 unspecified atom stereocenters. The lowest BCUT2D eigenvalue weighted by Gasteiger charge is -2.08. The maximum absolute atomic E-state index is 13.6. The monoisotopic (exact) mass is 350 g/mol. The van der Waals surface area contributed by atoms with Crippen LogP contribution in [0.5, 0.6) is 0 Å². The number of ether oxygens (including phenoxy) is 1. The summed E-state index contributed by atoms with van der Waals surface area (Å²) in [5.41, 5.74) is -0.0424. The van der Waals surface area contributed by atoms with E-state index in [0.29, 0.717) is 19.7 Å². The summed E-state index contributed by atoms with van der Waals surface area (Å²) in [5.74, 6) is -1.37. The summed E-state index contributed by atoms with van der Waals surface area (Å²) in [6.45, 7) is 1.27. The topological polar surface area (TPSA) is 50.4 Å². The van der Waals surface area contributed by atoms with Crippen molar-refractivity contribution >= 4 is 21.8 Å². The van der Waals surface area contributed by atoms with Gasteiger partial charge in [-0.2, -0.15) is 0 Å². The maximum atomic E-state index is 13.6. The minimum absolute atomic E-state index is 0.0302. The molecule has 0 saturated heterocycles. The van der Waals surface area contributed by atoms with E-state index in [1.54, 1.807) is 7.11 Å². The number of benzene rings is 1. The van der Waals surface area contributed by atoms with Crippen LogP contribution in [0, 0.1) is 11.6 Å². The van der Waals surface area contributed by atoms with Crippen molar-refractivity contribution in [3.63, 3.8) is 0 Å². The molecular weight excluding hydrogens is 334 g/mol. The molecule has 7 heteroatoms. The highest BCUT2D eigenvalue weighted by Crippen LogP contribution is 2.21. The Morgan fingerprint density at radius 2 is 2.10 bits per heavy atom. The van der Waals surface area contributed by atoms with Crippen molar-refractivity contribution in [3.05, 3.63) is 33.8 Å². The van der Waals surface area contributed by atoms with Crippen molar-refractivity contribution in [3.8, 4) is 0 Å². The summed E-state index contributed by atoms with van der Waals surface area (Å²) in [4.78, 5) is 11.4. The molecular formula is C13H17BrF2N2O2. The predicted octanol–water partition coefficient (Wildman–Crippen LogP) is 1.97. The minimum Gasteiger partial charge on any atom is -0.383 e. The first-order chi connectivity index (χ1) is 9.56. The van der Waals surface area contributed by atoms with Gasteiger partial charge in [0.2, 0.25) is 5.91 Å². The van der Waals surface area contributed by atoms with Crippen molar-refractivity contribution in [2.24, 2.45) is 0 Å². The van der Waals surface area contributed by atoms with E-state index in [1.807, 2.05) is 0 Å². The molecule has 1 rings (SSSR count). The minimum atomic E-state index is -0.623. The lowest BCUT2D eigenvalue weighted by atomic mass is 10.2. The van der Waals surface area contributed by atoms with Gasteiger partial charge in [0.15, 0.2) is 0 Å². The first-order valence-electron chi connectivity index (χ1n) is 6.15. The Balaban J connectivity index is 2.31. The molecule has 2 N–H and O–H groups in total. The molecule has 0 bridgehead atoms. The van der Waals surface area contributed by atoms with Crippen LogP contribution in [0.2, 0.25) is 0 Å². The molecule has 0 aliphatic carbocycles. The average Bonchev–Trinajstić information content (AvgIpc) is 2.42. The molecule has 0 spiro atoms. The largest absolute Gasteiger partial charge is 0.383 e. The molecule has 1 aromatic rings. The number of rotatable bonds is 8. The molecule has 0 radical (unpaired) electrons. The second kappa shape index (κ2) is 8.99. The Bertz CT molecular complexity index is 458. The predicted molar refractivity (Wildman–Crippen MR) is 75.3 cm³/mol. The third kappa shape index (κ3) is 5.52. The van der Waals surface area contributed by atoms with E-state index < -0.39 is 11.6 Å². The molecule has 0 saturated carbocycles. The number of nitrogens with one attached hydrogen (secondary N) is 2. The summed E-state index contributed by atoms with van der Waals surface area (Å²) in [6, 6.07) is 2.51. The smallest absolute Gasteiger partial charge is 0.221 e. The number of hydrogen-bond donors (Lipinski definition) is 2. The van der Waals surface area contributed by atoms with E-state index in [4.69, 9.17) is 4.74 Å². The molecule has 20 heavy (non-hydrogen) atoms. The van der Waals surface area contributed by atoms with Gasteiger partial charge in [-0.15, -0.1) is 0 Å². The molecule has 0 aliphatic heterocycles. The van der Waals surface area contributed by atoms with Crippen molar-refractivity contribution in [2.45, 2.75) is 13.0 Å². The molecule has 0 atom stereocenters. The molecule has 112 valence electrons. The van der Waals surface area contributed by atoms with Gasteiger partial charge in [-0.05, 0) is 28.1 Å². The fourth-order valence-corrected chi connectivity index (χ4v) is 1.90.